The minimum Gasteiger partial charge on any atom is -0.444 e. The van der Waals surface area contributed by atoms with Gasteiger partial charge in [0.2, 0.25) is 0 Å². The van der Waals surface area contributed by atoms with Crippen LogP contribution in [0.2, 0.25) is 0 Å². The predicted molar refractivity (Wildman–Crippen MR) is 82.8 cm³/mol. The molecule has 1 saturated heterocycles. The Morgan fingerprint density at radius 3 is 2.25 bits per heavy atom. The van der Waals surface area contributed by atoms with Gasteiger partial charge in [-0.1, -0.05) is 0 Å². The molecule has 5 nitrogen and oxygen atoms in total. The van der Waals surface area contributed by atoms with Crippen LogP contribution in [0, 0.1) is 17.6 Å². The maximum Gasteiger partial charge on any atom is 0.410 e. The second kappa shape index (κ2) is 6.84. The number of carbonyl (C=O) groups excluding carboxylic acids is 2. The summed E-state index contributed by atoms with van der Waals surface area (Å²) in [6.07, 6.45) is -0.861. The molecule has 1 aliphatic rings. The monoisotopic (exact) mass is 341 g/mol. The molecule has 1 fully saturated rings. The maximum absolute atomic E-state index is 13.8. The van der Waals surface area contributed by atoms with Gasteiger partial charge < -0.3 is 14.4 Å². The lowest BCUT2D eigenvalue weighted by molar-refractivity contribution is -0.0449. The van der Waals surface area contributed by atoms with Crippen molar-refractivity contribution in [2.45, 2.75) is 32.5 Å². The summed E-state index contributed by atoms with van der Waals surface area (Å²) in [7, 11) is 1.43. The molecule has 7 heteroatoms. The summed E-state index contributed by atoms with van der Waals surface area (Å²) in [5, 5.41) is 0. The van der Waals surface area contributed by atoms with Gasteiger partial charge in [-0.15, -0.1) is 0 Å². The van der Waals surface area contributed by atoms with Crippen LogP contribution in [0.1, 0.15) is 42.8 Å². The van der Waals surface area contributed by atoms with Gasteiger partial charge in [-0.25, -0.2) is 13.6 Å². The third-order valence-electron chi connectivity index (χ3n) is 3.79. The number of nitrogens with zero attached hydrogens (tertiary/aromatic N) is 1. The van der Waals surface area contributed by atoms with Gasteiger partial charge in [-0.2, -0.15) is 0 Å². The summed E-state index contributed by atoms with van der Waals surface area (Å²) in [5.41, 5.74) is -0.885. The Labute approximate surface area is 139 Å². The molecule has 1 unspecified atom stereocenters. The van der Waals surface area contributed by atoms with Crippen LogP contribution in [0.4, 0.5) is 13.6 Å². The zero-order valence-corrected chi connectivity index (χ0v) is 14.1. The lowest BCUT2D eigenvalue weighted by Crippen LogP contribution is -2.53. The lowest BCUT2D eigenvalue weighted by atomic mass is 9.88. The number of amides is 1. The number of rotatable bonds is 4. The average Bonchev–Trinajstić information content (AvgIpc) is 2.39. The second-order valence-electron chi connectivity index (χ2n) is 6.82. The van der Waals surface area contributed by atoms with Gasteiger partial charge in [-0.05, 0) is 38.5 Å². The number of hydrogen-bond acceptors (Lipinski definition) is 4. The molecule has 1 atom stereocenters. The van der Waals surface area contributed by atoms with Crippen molar-refractivity contribution < 1.29 is 27.8 Å². The first-order valence-corrected chi connectivity index (χ1v) is 7.61. The fourth-order valence-electron chi connectivity index (χ4n) is 2.66. The molecule has 0 saturated carbocycles. The quantitative estimate of drug-likeness (QED) is 0.788. The average molecular weight is 341 g/mol. The molecule has 0 aliphatic carbocycles. The normalized spacial score (nSPS) is 16.5. The fourth-order valence-corrected chi connectivity index (χ4v) is 2.66. The van der Waals surface area contributed by atoms with Crippen molar-refractivity contribution in [2.24, 2.45) is 5.92 Å². The molecule has 0 aromatic heterocycles. The number of likely N-dealkylation sites (tertiary alicyclic amines) is 1. The summed E-state index contributed by atoms with van der Waals surface area (Å²) in [4.78, 5) is 24.1. The van der Waals surface area contributed by atoms with E-state index in [9.17, 15) is 18.4 Å². The fraction of sp³-hybridized carbons (Fsp3) is 0.529. The largest absolute Gasteiger partial charge is 0.444 e. The minimum absolute atomic E-state index is 0.108. The van der Waals surface area contributed by atoms with Crippen LogP contribution in [0.25, 0.3) is 0 Å². The summed E-state index contributed by atoms with van der Waals surface area (Å²) < 4.78 is 38.2. The molecular formula is C17H21F2NO4. The molecule has 1 heterocycles. The Morgan fingerprint density at radius 2 is 1.83 bits per heavy atom. The van der Waals surface area contributed by atoms with E-state index in [2.05, 4.69) is 0 Å². The number of ether oxygens (including phenoxy) is 2. The summed E-state index contributed by atoms with van der Waals surface area (Å²) in [6.45, 7) is 6.07. The van der Waals surface area contributed by atoms with Gasteiger partial charge in [0.15, 0.2) is 6.29 Å². The molecule has 1 aromatic carbocycles. The van der Waals surface area contributed by atoms with E-state index in [0.29, 0.717) is 18.7 Å². The molecular weight excluding hydrogens is 320 g/mol. The van der Waals surface area contributed by atoms with Gasteiger partial charge in [0, 0.05) is 26.1 Å². The van der Waals surface area contributed by atoms with Crippen molar-refractivity contribution in [3.63, 3.8) is 0 Å². The molecule has 132 valence electrons. The number of carbonyl (C=O) groups is 2. The van der Waals surface area contributed by atoms with Crippen LogP contribution >= 0.6 is 0 Å². The molecule has 24 heavy (non-hydrogen) atoms. The van der Waals surface area contributed by atoms with E-state index in [1.54, 1.807) is 20.8 Å². The van der Waals surface area contributed by atoms with Crippen LogP contribution in [-0.2, 0) is 9.47 Å². The van der Waals surface area contributed by atoms with Gasteiger partial charge >= 0.3 is 6.09 Å². The Balaban J connectivity index is 2.07. The van der Waals surface area contributed by atoms with Gasteiger partial charge in [-0.3, -0.25) is 4.79 Å². The summed E-state index contributed by atoms with van der Waals surface area (Å²) in [6, 6.07) is 2.19. The standard InChI is InChI=1S/C17H21F2NO4/c1-17(2,3)24-16(22)20-7-11(8-20)15(23-4)10-5-13(18)12(9-21)14(19)6-10/h5-6,9,11,15H,7-8H2,1-4H3. The van der Waals surface area contributed by atoms with Crippen molar-refractivity contribution in [3.8, 4) is 0 Å². The van der Waals surface area contributed by atoms with Crippen LogP contribution in [0.15, 0.2) is 12.1 Å². The van der Waals surface area contributed by atoms with Crippen molar-refractivity contribution >= 4 is 12.4 Å². The molecule has 2 rings (SSSR count). The van der Waals surface area contributed by atoms with Crippen molar-refractivity contribution in [2.75, 3.05) is 20.2 Å². The van der Waals surface area contributed by atoms with Crippen LogP contribution < -0.4 is 0 Å². The first-order chi connectivity index (χ1) is 11.2. The minimum atomic E-state index is -0.926. The van der Waals surface area contributed by atoms with E-state index in [0.717, 1.165) is 12.1 Å². The number of halogens is 2. The van der Waals surface area contributed by atoms with E-state index in [-0.39, 0.29) is 12.2 Å². The van der Waals surface area contributed by atoms with E-state index in [4.69, 9.17) is 9.47 Å². The second-order valence-corrected chi connectivity index (χ2v) is 6.82. The molecule has 0 spiro atoms. The van der Waals surface area contributed by atoms with Crippen molar-refractivity contribution in [3.05, 3.63) is 34.9 Å². The van der Waals surface area contributed by atoms with Crippen molar-refractivity contribution in [1.82, 2.24) is 4.90 Å². The van der Waals surface area contributed by atoms with E-state index in [1.807, 2.05) is 0 Å². The first-order valence-electron chi connectivity index (χ1n) is 7.61. The molecule has 0 bridgehead atoms. The summed E-state index contributed by atoms with van der Waals surface area (Å²) in [5.74, 6) is -1.96. The number of methoxy groups -OCH3 is 1. The number of benzene rings is 1. The highest BCUT2D eigenvalue weighted by Gasteiger charge is 2.39. The molecule has 1 aromatic rings. The van der Waals surface area contributed by atoms with E-state index >= 15 is 0 Å². The van der Waals surface area contributed by atoms with Crippen LogP contribution in [0.5, 0.6) is 0 Å². The summed E-state index contributed by atoms with van der Waals surface area (Å²) >= 11 is 0. The van der Waals surface area contributed by atoms with Gasteiger partial charge in [0.25, 0.3) is 0 Å². The van der Waals surface area contributed by atoms with Gasteiger partial charge in [0.05, 0.1) is 11.7 Å². The zero-order chi connectivity index (χ0) is 18.1. The number of hydrogen-bond donors (Lipinski definition) is 0. The molecule has 0 N–H and O–H groups in total. The Kier molecular flexibility index (Phi) is 5.22. The highest BCUT2D eigenvalue weighted by Crippen LogP contribution is 2.34. The first kappa shape index (κ1) is 18.3. The molecule has 1 aliphatic heterocycles. The highest BCUT2D eigenvalue weighted by molar-refractivity contribution is 5.75. The zero-order valence-electron chi connectivity index (χ0n) is 14.1. The predicted octanol–water partition coefficient (Wildman–Crippen LogP) is 3.33. The Morgan fingerprint density at radius 1 is 1.29 bits per heavy atom. The van der Waals surface area contributed by atoms with Crippen LogP contribution in [-0.4, -0.2) is 43.1 Å². The van der Waals surface area contributed by atoms with E-state index < -0.39 is 35.0 Å². The highest BCUT2D eigenvalue weighted by atomic mass is 19.1. The lowest BCUT2D eigenvalue weighted by Gasteiger charge is -2.43. The third kappa shape index (κ3) is 3.90. The topological polar surface area (TPSA) is 55.8 Å². The van der Waals surface area contributed by atoms with Gasteiger partial charge in [0.1, 0.15) is 17.2 Å². The number of aldehydes is 1. The molecule has 1 amide bonds. The maximum atomic E-state index is 13.8. The smallest absolute Gasteiger partial charge is 0.410 e. The Hall–Kier alpha value is -2.02. The van der Waals surface area contributed by atoms with E-state index in [1.165, 1.54) is 12.0 Å². The SMILES string of the molecule is COC(c1cc(F)c(C=O)c(F)c1)C1CN(C(=O)OC(C)(C)C)C1. The molecule has 0 radical (unpaired) electrons. The third-order valence-corrected chi connectivity index (χ3v) is 3.79. The van der Waals surface area contributed by atoms with Crippen molar-refractivity contribution in [1.29, 1.82) is 0 Å². The van der Waals surface area contributed by atoms with Crippen LogP contribution in [0.3, 0.4) is 0 Å². The Bertz CT molecular complexity index is 613.